The second kappa shape index (κ2) is 17.8. The van der Waals surface area contributed by atoms with Crippen LogP contribution >= 0.6 is 0 Å². The van der Waals surface area contributed by atoms with Crippen LogP contribution in [-0.4, -0.2) is 47.4 Å². The summed E-state index contributed by atoms with van der Waals surface area (Å²) in [7, 11) is 8.04. The first-order chi connectivity index (χ1) is 18.8. The topological polar surface area (TPSA) is 54.0 Å². The van der Waals surface area contributed by atoms with E-state index in [0.717, 1.165) is 71.4 Å². The Hall–Kier alpha value is -2.78. The van der Waals surface area contributed by atoms with E-state index in [1.54, 1.807) is 7.11 Å². The lowest BCUT2D eigenvalue weighted by Crippen LogP contribution is -3.00. The molecule has 0 spiro atoms. The molecule has 6 nitrogen and oxygen atoms in total. The van der Waals surface area contributed by atoms with E-state index in [1.165, 1.54) is 5.69 Å². The van der Waals surface area contributed by atoms with Gasteiger partial charge in [0.15, 0.2) is 0 Å². The lowest BCUT2D eigenvalue weighted by atomic mass is 10.1. The van der Waals surface area contributed by atoms with Gasteiger partial charge in [-0.25, -0.2) is 0 Å². The maximum atomic E-state index is 12.1. The molecule has 0 unspecified atom stereocenters. The van der Waals surface area contributed by atoms with Crippen LogP contribution in [0.1, 0.15) is 49.7 Å². The number of halogens is 1. The minimum absolute atomic E-state index is 0. The van der Waals surface area contributed by atoms with Crippen LogP contribution in [0.4, 0.5) is 5.69 Å². The van der Waals surface area contributed by atoms with Crippen molar-refractivity contribution < 1.29 is 47.7 Å². The van der Waals surface area contributed by atoms with E-state index in [2.05, 4.69) is 33.3 Å². The summed E-state index contributed by atoms with van der Waals surface area (Å²) >= 11 is 0. The van der Waals surface area contributed by atoms with Gasteiger partial charge >= 0.3 is 5.97 Å². The molecule has 0 aliphatic carbocycles. The number of carbonyl (C=O) groups excluding carboxylic acids is 1. The quantitative estimate of drug-likeness (QED) is 0.0949. The number of hydrogen-bond donors (Lipinski definition) is 0. The van der Waals surface area contributed by atoms with Crippen LogP contribution in [0.2, 0.25) is 0 Å². The van der Waals surface area contributed by atoms with Crippen molar-refractivity contribution in [2.24, 2.45) is 0 Å². The van der Waals surface area contributed by atoms with E-state index in [-0.39, 0.29) is 29.9 Å². The van der Waals surface area contributed by atoms with Crippen molar-refractivity contribution in [1.29, 1.82) is 0 Å². The molecule has 0 fully saturated rings. The van der Waals surface area contributed by atoms with Crippen molar-refractivity contribution >= 4 is 11.7 Å². The van der Waals surface area contributed by atoms with Crippen molar-refractivity contribution in [2.75, 3.05) is 41.5 Å². The molecule has 0 heterocycles. The van der Waals surface area contributed by atoms with E-state index in [4.69, 9.17) is 18.9 Å². The lowest BCUT2D eigenvalue weighted by molar-refractivity contribution is -0.142. The Morgan fingerprint density at radius 1 is 0.700 bits per heavy atom. The van der Waals surface area contributed by atoms with E-state index in [1.807, 2.05) is 60.7 Å². The van der Waals surface area contributed by atoms with E-state index in [9.17, 15) is 4.79 Å². The van der Waals surface area contributed by atoms with Gasteiger partial charge < -0.3 is 42.9 Å². The predicted molar refractivity (Wildman–Crippen MR) is 158 cm³/mol. The zero-order chi connectivity index (χ0) is 27.9. The average molecular weight is 662 g/mol. The van der Waals surface area contributed by atoms with Gasteiger partial charge in [0.05, 0.1) is 47.9 Å². The van der Waals surface area contributed by atoms with Crippen LogP contribution < -0.4 is 42.7 Å². The summed E-state index contributed by atoms with van der Waals surface area (Å²) in [6, 6.07) is 23.8. The normalized spacial score (nSPS) is 10.9. The van der Waals surface area contributed by atoms with E-state index in [0.29, 0.717) is 26.2 Å². The predicted octanol–water partition coefficient (Wildman–Crippen LogP) is 3.98. The molecule has 0 aromatic heterocycles. The molecule has 0 atom stereocenters. The number of carbonyl (C=O) groups is 1. The molecule has 0 saturated carbocycles. The fraction of sp³-hybridized carbons (Fsp3) is 0.424. The van der Waals surface area contributed by atoms with Gasteiger partial charge in [-0.2, -0.15) is 0 Å². The molecule has 0 N–H and O–H groups in total. The molecule has 0 aliphatic heterocycles. The molecule has 3 aromatic rings. The van der Waals surface area contributed by atoms with Crippen LogP contribution in [-0.2, 0) is 22.6 Å². The molecule has 0 amide bonds. The smallest absolute Gasteiger partial charge is 0.310 e. The third-order valence-corrected chi connectivity index (χ3v) is 6.54. The number of para-hydroxylation sites is 1. The lowest BCUT2D eigenvalue weighted by Gasteiger charge is -2.23. The third-order valence-electron chi connectivity index (χ3n) is 6.54. The van der Waals surface area contributed by atoms with Crippen molar-refractivity contribution in [2.45, 2.75) is 51.6 Å². The molecule has 40 heavy (non-hydrogen) atoms. The maximum Gasteiger partial charge on any atom is 0.310 e. The highest BCUT2D eigenvalue weighted by Crippen LogP contribution is 2.22. The van der Waals surface area contributed by atoms with Gasteiger partial charge in [-0.3, -0.25) is 9.28 Å². The molecule has 0 saturated heterocycles. The number of ether oxygens (including phenoxy) is 4. The first-order valence-corrected chi connectivity index (χ1v) is 13.9. The molecule has 0 aliphatic rings. The molecule has 7 heteroatoms. The number of hydrogen-bond acceptors (Lipinski definition) is 5. The maximum absolute atomic E-state index is 12.1. The Labute approximate surface area is 257 Å². The average Bonchev–Trinajstić information content (AvgIpc) is 2.93. The van der Waals surface area contributed by atoms with Crippen molar-refractivity contribution in [3.05, 3.63) is 83.9 Å². The largest absolute Gasteiger partial charge is 1.00 e. The zero-order valence-electron chi connectivity index (χ0n) is 24.4. The van der Waals surface area contributed by atoms with Gasteiger partial charge in [0.1, 0.15) is 29.5 Å². The standard InChI is InChI=1S/C33H44NO5.HI/c1-34(2,3)29-17-15-27(16-18-29)25-33(35)38-24-12-8-6-5-7-11-23-37-30-19-21-31(22-20-30)39-26-28-13-9-10-14-32(28)36-4;/h9-10,13-22H,5-8,11-12,23-26H2,1-4H3;1H/q+1;/p-1. The Kier molecular flexibility index (Phi) is 14.9. The highest BCUT2D eigenvalue weighted by Gasteiger charge is 2.12. The Morgan fingerprint density at radius 2 is 1.27 bits per heavy atom. The summed E-state index contributed by atoms with van der Waals surface area (Å²) in [6.07, 6.45) is 6.76. The van der Waals surface area contributed by atoms with Crippen LogP contribution in [0.5, 0.6) is 17.2 Å². The second-order valence-electron chi connectivity index (χ2n) is 10.6. The Balaban J connectivity index is 0.00000560. The van der Waals surface area contributed by atoms with Crippen LogP contribution in [0.25, 0.3) is 0 Å². The number of benzene rings is 3. The Morgan fingerprint density at radius 3 is 1.90 bits per heavy atom. The highest BCUT2D eigenvalue weighted by molar-refractivity contribution is 5.72. The van der Waals surface area contributed by atoms with Gasteiger partial charge in [0, 0.05) is 5.56 Å². The fourth-order valence-electron chi connectivity index (χ4n) is 4.18. The summed E-state index contributed by atoms with van der Waals surface area (Å²) in [5.41, 5.74) is 3.21. The number of nitrogens with zero attached hydrogens (tertiary/aromatic N) is 1. The first kappa shape index (κ1) is 33.4. The third kappa shape index (κ3) is 12.2. The summed E-state index contributed by atoms with van der Waals surface area (Å²) in [4.78, 5) is 12.1. The van der Waals surface area contributed by atoms with Crippen molar-refractivity contribution in [3.8, 4) is 17.2 Å². The van der Waals surface area contributed by atoms with E-state index >= 15 is 0 Å². The number of rotatable bonds is 17. The molecule has 3 rings (SSSR count). The second-order valence-corrected chi connectivity index (χ2v) is 10.6. The Bertz CT molecular complexity index is 1130. The van der Waals surface area contributed by atoms with E-state index < -0.39 is 0 Å². The van der Waals surface area contributed by atoms with Crippen LogP contribution in [0, 0.1) is 0 Å². The SMILES string of the molecule is COc1ccccc1COc1ccc(OCCCCCCCCOC(=O)Cc2ccc([N+](C)(C)C)cc2)cc1.[I-]. The molecular formula is C33H44INO5. The summed E-state index contributed by atoms with van der Waals surface area (Å²) in [5.74, 6) is 2.33. The summed E-state index contributed by atoms with van der Waals surface area (Å²) < 4.78 is 23.3. The molecule has 0 bridgehead atoms. The number of methoxy groups -OCH3 is 1. The van der Waals surface area contributed by atoms with Crippen LogP contribution in [0.3, 0.4) is 0 Å². The number of unbranched alkanes of at least 4 members (excludes halogenated alkanes) is 5. The van der Waals surface area contributed by atoms with Crippen LogP contribution in [0.15, 0.2) is 72.8 Å². The number of esters is 1. The molecule has 3 aromatic carbocycles. The minimum Gasteiger partial charge on any atom is -1.00 e. The molecule has 218 valence electrons. The molecular weight excluding hydrogens is 617 g/mol. The van der Waals surface area contributed by atoms with Gasteiger partial charge in [-0.15, -0.1) is 0 Å². The number of quaternary nitrogens is 1. The fourth-order valence-corrected chi connectivity index (χ4v) is 4.18. The van der Waals surface area contributed by atoms with Gasteiger partial charge in [-0.1, -0.05) is 56.0 Å². The van der Waals surface area contributed by atoms with Crippen molar-refractivity contribution in [3.63, 3.8) is 0 Å². The first-order valence-electron chi connectivity index (χ1n) is 13.9. The van der Waals surface area contributed by atoms with Gasteiger partial charge in [-0.05, 0) is 60.9 Å². The van der Waals surface area contributed by atoms with Gasteiger partial charge in [0.2, 0.25) is 0 Å². The summed E-state index contributed by atoms with van der Waals surface area (Å²) in [6.45, 7) is 1.66. The van der Waals surface area contributed by atoms with Crippen molar-refractivity contribution in [1.82, 2.24) is 4.48 Å². The zero-order valence-corrected chi connectivity index (χ0v) is 26.5. The highest BCUT2D eigenvalue weighted by atomic mass is 127. The molecule has 0 radical (unpaired) electrons. The minimum atomic E-state index is -0.152. The monoisotopic (exact) mass is 661 g/mol. The van der Waals surface area contributed by atoms with Gasteiger partial charge in [0.25, 0.3) is 0 Å². The summed E-state index contributed by atoms with van der Waals surface area (Å²) in [5, 5.41) is 0.